The van der Waals surface area contributed by atoms with E-state index < -0.39 is 5.54 Å². The first-order valence-electron chi connectivity index (χ1n) is 6.75. The fourth-order valence-corrected chi connectivity index (χ4v) is 2.44. The van der Waals surface area contributed by atoms with Crippen molar-refractivity contribution in [1.29, 1.82) is 0 Å². The minimum atomic E-state index is -0.711. The van der Waals surface area contributed by atoms with Crippen LogP contribution < -0.4 is 0 Å². The number of hydrogen-bond donors (Lipinski definition) is 0. The molecule has 1 heterocycles. The molecule has 1 amide bonds. The van der Waals surface area contributed by atoms with Crippen molar-refractivity contribution in [2.24, 2.45) is 9.98 Å². The normalized spacial score (nSPS) is 22.2. The molecule has 1 aliphatic heterocycles. The first kappa shape index (κ1) is 16.8. The van der Waals surface area contributed by atoms with Gasteiger partial charge in [-0.2, -0.15) is 0 Å². The molecule has 1 aromatic carbocycles. The van der Waals surface area contributed by atoms with Crippen LogP contribution in [0.15, 0.2) is 28.2 Å². The highest BCUT2D eigenvalue weighted by Gasteiger charge is 2.37. The molecule has 0 radical (unpaired) electrons. The van der Waals surface area contributed by atoms with Crippen LogP contribution >= 0.6 is 23.2 Å². The van der Waals surface area contributed by atoms with E-state index in [2.05, 4.69) is 9.98 Å². The van der Waals surface area contributed by atoms with Crippen molar-refractivity contribution in [3.05, 3.63) is 33.8 Å². The van der Waals surface area contributed by atoms with E-state index >= 15 is 0 Å². The number of halogens is 2. The quantitative estimate of drug-likeness (QED) is 0.613. The Hall–Kier alpha value is -1.59. The van der Waals surface area contributed by atoms with Gasteiger partial charge < -0.3 is 4.90 Å². The van der Waals surface area contributed by atoms with Crippen LogP contribution in [0, 0.1) is 0 Å². The summed E-state index contributed by atoms with van der Waals surface area (Å²) >= 11 is 12.0. The third-order valence-corrected chi connectivity index (χ3v) is 4.20. The molecular weight excluding hydrogens is 323 g/mol. The van der Waals surface area contributed by atoms with Gasteiger partial charge in [-0.15, -0.1) is 0 Å². The van der Waals surface area contributed by atoms with E-state index in [1.807, 2.05) is 27.1 Å². The average Bonchev–Trinajstić information content (AvgIpc) is 2.44. The molecule has 22 heavy (non-hydrogen) atoms. The molecule has 1 aromatic rings. The Morgan fingerprint density at radius 2 is 2.05 bits per heavy atom. The lowest BCUT2D eigenvalue weighted by molar-refractivity contribution is -0.128. The van der Waals surface area contributed by atoms with Gasteiger partial charge >= 0.3 is 0 Å². The molecule has 0 fully saturated rings. The van der Waals surface area contributed by atoms with Gasteiger partial charge in [0.05, 0.1) is 28.3 Å². The van der Waals surface area contributed by atoms with Gasteiger partial charge in [-0.25, -0.2) is 9.98 Å². The van der Waals surface area contributed by atoms with Crippen LogP contribution in [0.1, 0.15) is 18.9 Å². The monoisotopic (exact) mass is 340 g/mol. The van der Waals surface area contributed by atoms with Gasteiger partial charge in [0.25, 0.3) is 0 Å². The number of nitrogens with zero attached hydrogens (tertiary/aromatic N) is 4. The van der Waals surface area contributed by atoms with E-state index in [4.69, 9.17) is 23.2 Å². The highest BCUT2D eigenvalue weighted by molar-refractivity contribution is 6.42. The largest absolute Gasteiger partial charge is 0.369 e. The van der Waals surface area contributed by atoms with Gasteiger partial charge in [0.15, 0.2) is 0 Å². The molecule has 0 spiro atoms. The molecule has 0 saturated carbocycles. The molecule has 0 aliphatic carbocycles. The van der Waals surface area contributed by atoms with Crippen molar-refractivity contribution >= 4 is 41.4 Å². The number of hydrogen-bond acceptors (Lipinski definition) is 3. The number of amides is 1. The maximum Gasteiger partial charge on any atom is 0.231 e. The molecule has 118 valence electrons. The summed E-state index contributed by atoms with van der Waals surface area (Å²) in [6.07, 6.45) is 1.87. The summed E-state index contributed by atoms with van der Waals surface area (Å²) in [4.78, 5) is 24.5. The van der Waals surface area contributed by atoms with E-state index in [0.29, 0.717) is 16.0 Å². The maximum absolute atomic E-state index is 12.3. The summed E-state index contributed by atoms with van der Waals surface area (Å²) < 4.78 is 0. The lowest BCUT2D eigenvalue weighted by Crippen LogP contribution is -2.43. The van der Waals surface area contributed by atoms with Crippen molar-refractivity contribution < 1.29 is 4.79 Å². The molecule has 0 N–H and O–H groups in total. The minimum Gasteiger partial charge on any atom is -0.369 e. The molecule has 0 aromatic heterocycles. The summed E-state index contributed by atoms with van der Waals surface area (Å²) in [6, 6.07) is 5.30. The zero-order valence-corrected chi connectivity index (χ0v) is 14.5. The molecule has 5 nitrogen and oxygen atoms in total. The number of aliphatic imine (C=N–C) groups is 2. The third kappa shape index (κ3) is 3.42. The van der Waals surface area contributed by atoms with E-state index in [-0.39, 0.29) is 12.3 Å². The number of rotatable bonds is 2. The number of carbonyl (C=O) groups excluding carboxylic acids is 1. The molecule has 1 atom stereocenters. The SMILES string of the molecule is CN(C)C=NC1=N[C@](C)(c2ccc(Cl)c(Cl)c2)CC(=O)N1C. The molecule has 0 unspecified atom stereocenters. The standard InChI is InChI=1S/C15H18Cl2N4O/c1-15(10-5-6-11(16)12(17)7-10)8-13(22)21(4)14(19-15)18-9-20(2)3/h5-7,9H,8H2,1-4H3/t15-/m0/s1. The molecular formula is C15H18Cl2N4O. The second-order valence-electron chi connectivity index (χ2n) is 5.65. The van der Waals surface area contributed by atoms with Crippen LogP contribution in [0.4, 0.5) is 0 Å². The van der Waals surface area contributed by atoms with E-state index in [1.165, 1.54) is 4.90 Å². The summed E-state index contributed by atoms with van der Waals surface area (Å²) in [6.45, 7) is 1.89. The number of carbonyl (C=O) groups is 1. The van der Waals surface area contributed by atoms with Crippen molar-refractivity contribution in [2.45, 2.75) is 18.9 Å². The number of guanidine groups is 1. The van der Waals surface area contributed by atoms with Crippen LogP contribution in [0.3, 0.4) is 0 Å². The first-order chi connectivity index (χ1) is 10.2. The average molecular weight is 341 g/mol. The summed E-state index contributed by atoms with van der Waals surface area (Å²) in [5.74, 6) is 0.327. The van der Waals surface area contributed by atoms with Crippen LogP contribution in [0.5, 0.6) is 0 Å². The Morgan fingerprint density at radius 3 is 2.64 bits per heavy atom. The predicted molar refractivity (Wildman–Crippen MR) is 90.8 cm³/mol. The van der Waals surface area contributed by atoms with Crippen LogP contribution in [-0.2, 0) is 10.3 Å². The Morgan fingerprint density at radius 1 is 1.36 bits per heavy atom. The van der Waals surface area contributed by atoms with Crippen LogP contribution in [0.2, 0.25) is 10.0 Å². The van der Waals surface area contributed by atoms with Gasteiger partial charge in [0.2, 0.25) is 11.9 Å². The Balaban J connectivity index is 2.47. The number of benzene rings is 1. The van der Waals surface area contributed by atoms with Crippen molar-refractivity contribution in [3.8, 4) is 0 Å². The molecule has 1 aliphatic rings. The van der Waals surface area contributed by atoms with Gasteiger partial charge in [0.1, 0.15) is 0 Å². The van der Waals surface area contributed by atoms with Gasteiger partial charge in [-0.05, 0) is 24.6 Å². The smallest absolute Gasteiger partial charge is 0.231 e. The van der Waals surface area contributed by atoms with Crippen molar-refractivity contribution in [1.82, 2.24) is 9.80 Å². The van der Waals surface area contributed by atoms with Gasteiger partial charge in [-0.3, -0.25) is 9.69 Å². The lowest BCUT2D eigenvalue weighted by atomic mass is 9.88. The Kier molecular flexibility index (Phi) is 4.78. The highest BCUT2D eigenvalue weighted by atomic mass is 35.5. The molecule has 0 bridgehead atoms. The van der Waals surface area contributed by atoms with E-state index in [1.54, 1.807) is 30.4 Å². The summed E-state index contributed by atoms with van der Waals surface area (Å²) in [5.41, 5.74) is 0.123. The highest BCUT2D eigenvalue weighted by Crippen LogP contribution is 2.36. The minimum absolute atomic E-state index is 0.0468. The predicted octanol–water partition coefficient (Wildman–Crippen LogP) is 3.02. The molecule has 7 heteroatoms. The molecule has 0 saturated heterocycles. The van der Waals surface area contributed by atoms with Crippen LogP contribution in [0.25, 0.3) is 0 Å². The zero-order valence-electron chi connectivity index (χ0n) is 13.0. The van der Waals surface area contributed by atoms with E-state index in [9.17, 15) is 4.79 Å². The lowest BCUT2D eigenvalue weighted by Gasteiger charge is -2.33. The fourth-order valence-electron chi connectivity index (χ4n) is 2.14. The van der Waals surface area contributed by atoms with E-state index in [0.717, 1.165) is 5.56 Å². The fraction of sp³-hybridized carbons (Fsp3) is 0.400. The van der Waals surface area contributed by atoms with Crippen molar-refractivity contribution in [2.75, 3.05) is 21.1 Å². The Bertz CT molecular complexity index is 657. The maximum atomic E-state index is 12.3. The van der Waals surface area contributed by atoms with Crippen molar-refractivity contribution in [3.63, 3.8) is 0 Å². The van der Waals surface area contributed by atoms with Gasteiger partial charge in [0, 0.05) is 21.1 Å². The topological polar surface area (TPSA) is 48.3 Å². The summed E-state index contributed by atoms with van der Waals surface area (Å²) in [7, 11) is 5.38. The molecule has 2 rings (SSSR count). The second-order valence-corrected chi connectivity index (χ2v) is 6.47. The summed E-state index contributed by atoms with van der Waals surface area (Å²) in [5, 5.41) is 0.920. The first-order valence-corrected chi connectivity index (χ1v) is 7.51. The van der Waals surface area contributed by atoms with Crippen LogP contribution in [-0.4, -0.2) is 49.1 Å². The Labute approximate surface area is 140 Å². The zero-order chi connectivity index (χ0) is 16.5. The third-order valence-electron chi connectivity index (χ3n) is 3.46. The second kappa shape index (κ2) is 6.26. The van der Waals surface area contributed by atoms with Gasteiger partial charge in [-0.1, -0.05) is 29.3 Å².